The summed E-state index contributed by atoms with van der Waals surface area (Å²) in [4.78, 5) is 42.2. The lowest BCUT2D eigenvalue weighted by atomic mass is 10.0. The van der Waals surface area contributed by atoms with E-state index in [1.807, 2.05) is 0 Å². The Kier molecular flexibility index (Phi) is 16.7. The van der Waals surface area contributed by atoms with Crippen molar-refractivity contribution in [1.82, 2.24) is 10.8 Å². The van der Waals surface area contributed by atoms with E-state index in [-0.39, 0.29) is 12.1 Å². The van der Waals surface area contributed by atoms with Gasteiger partial charge < -0.3 is 10.2 Å². The van der Waals surface area contributed by atoms with E-state index in [9.17, 15) is 14.4 Å². The molecule has 0 saturated heterocycles. The Hall–Kier alpha value is -4.17. The molecule has 1 aliphatic carbocycles. The third-order valence-corrected chi connectivity index (χ3v) is 5.61. The van der Waals surface area contributed by atoms with Gasteiger partial charge in [-0.05, 0) is 36.0 Å². The van der Waals surface area contributed by atoms with Crippen LogP contribution in [-0.4, -0.2) is 17.5 Å². The molecule has 0 spiro atoms. The molecule has 2 N–H and O–H groups in total. The summed E-state index contributed by atoms with van der Waals surface area (Å²) in [6.07, 6.45) is 17.2. The van der Waals surface area contributed by atoms with Crippen molar-refractivity contribution in [2.24, 2.45) is 0 Å². The van der Waals surface area contributed by atoms with Crippen LogP contribution in [0.3, 0.4) is 0 Å². The SMILES string of the molecule is C#CC#CC#CC#CC#CC#CONC1=C(Cl)C(=O)C(NC(=O)CCCCCCCCCCC)=C(Cl)C1=O. The largest absolute Gasteiger partial charge is 0.328 e. The molecule has 0 fully saturated rings. The maximum absolute atomic E-state index is 12.6. The quantitative estimate of drug-likeness (QED) is 0.156. The van der Waals surface area contributed by atoms with Crippen LogP contribution in [0, 0.1) is 71.7 Å². The number of rotatable bonds is 13. The molecule has 194 valence electrons. The Labute approximate surface area is 234 Å². The minimum Gasteiger partial charge on any atom is -0.328 e. The molecule has 1 aliphatic rings. The first-order chi connectivity index (χ1) is 18.4. The van der Waals surface area contributed by atoms with Crippen molar-refractivity contribution >= 4 is 40.7 Å². The first-order valence-corrected chi connectivity index (χ1v) is 12.8. The normalized spacial score (nSPS) is 11.5. The van der Waals surface area contributed by atoms with Crippen molar-refractivity contribution in [3.05, 3.63) is 21.5 Å². The second-order valence-electron chi connectivity index (χ2n) is 7.74. The van der Waals surface area contributed by atoms with E-state index in [0.29, 0.717) is 6.42 Å². The van der Waals surface area contributed by atoms with Gasteiger partial charge in [0.2, 0.25) is 17.5 Å². The highest BCUT2D eigenvalue weighted by Gasteiger charge is 2.34. The van der Waals surface area contributed by atoms with Gasteiger partial charge in [-0.1, -0.05) is 81.5 Å². The summed E-state index contributed by atoms with van der Waals surface area (Å²) < 4.78 is 0. The standard InChI is InChI=1S/C30H26Cl2N2O4/c1-3-5-7-9-11-13-15-17-19-21-23-38-34-28-26(32)29(36)27(25(31)30(28)37)33-24(35)22-20-18-16-14-12-10-8-6-4-2/h1,34H,4,6,8,10,12,14,16,18,20,22H2,2H3,(H,33,35). The summed E-state index contributed by atoms with van der Waals surface area (Å²) in [5.74, 6) is 21.4. The summed E-state index contributed by atoms with van der Waals surface area (Å²) in [5, 5.41) is 1.42. The van der Waals surface area contributed by atoms with Gasteiger partial charge in [0.25, 0.3) is 0 Å². The van der Waals surface area contributed by atoms with E-state index in [2.05, 4.69) is 83.0 Å². The first kappa shape index (κ1) is 31.9. The Balaban J connectivity index is 2.52. The number of terminal acetylenes is 1. The highest BCUT2D eigenvalue weighted by molar-refractivity contribution is 6.56. The molecule has 0 aromatic carbocycles. The fourth-order valence-electron chi connectivity index (χ4n) is 3.03. The van der Waals surface area contributed by atoms with Crippen molar-refractivity contribution in [2.45, 2.75) is 71.1 Å². The van der Waals surface area contributed by atoms with Crippen LogP contribution >= 0.6 is 23.2 Å². The summed E-state index contributed by atoms with van der Waals surface area (Å²) in [6.45, 7) is 2.19. The van der Waals surface area contributed by atoms with Crippen LogP contribution in [-0.2, 0) is 19.2 Å². The zero-order chi connectivity index (χ0) is 28.0. The molecule has 0 aliphatic heterocycles. The molecular formula is C30H26Cl2N2O4. The Morgan fingerprint density at radius 1 is 0.737 bits per heavy atom. The fourth-order valence-corrected chi connectivity index (χ4v) is 3.48. The number of carbonyl (C=O) groups is 3. The summed E-state index contributed by atoms with van der Waals surface area (Å²) >= 11 is 12.1. The van der Waals surface area contributed by atoms with Gasteiger partial charge >= 0.3 is 0 Å². The van der Waals surface area contributed by atoms with E-state index < -0.39 is 33.2 Å². The summed E-state index contributed by atoms with van der Waals surface area (Å²) in [7, 11) is 0. The molecule has 0 atom stereocenters. The molecule has 0 heterocycles. The smallest absolute Gasteiger partial charge is 0.227 e. The van der Waals surface area contributed by atoms with Crippen LogP contribution in [0.5, 0.6) is 0 Å². The number of carbonyl (C=O) groups excluding carboxylic acids is 3. The summed E-state index contributed by atoms with van der Waals surface area (Å²) in [5.41, 5.74) is 1.39. The van der Waals surface area contributed by atoms with Crippen molar-refractivity contribution in [2.75, 3.05) is 0 Å². The molecule has 0 aromatic rings. The molecule has 8 heteroatoms. The van der Waals surface area contributed by atoms with E-state index in [4.69, 9.17) is 34.5 Å². The lowest BCUT2D eigenvalue weighted by molar-refractivity contribution is -0.122. The number of hydrogen-bond donors (Lipinski definition) is 2. The Morgan fingerprint density at radius 3 is 1.79 bits per heavy atom. The Morgan fingerprint density at radius 2 is 1.21 bits per heavy atom. The van der Waals surface area contributed by atoms with Crippen LogP contribution in [0.4, 0.5) is 0 Å². The van der Waals surface area contributed by atoms with Crippen molar-refractivity contribution in [3.8, 4) is 71.7 Å². The highest BCUT2D eigenvalue weighted by Crippen LogP contribution is 2.27. The maximum Gasteiger partial charge on any atom is 0.227 e. The average Bonchev–Trinajstić information content (AvgIpc) is 2.91. The fraction of sp³-hybridized carbons (Fsp3) is 0.367. The second kappa shape index (κ2) is 20.0. The van der Waals surface area contributed by atoms with Crippen LogP contribution in [0.2, 0.25) is 0 Å². The number of amides is 1. The predicted molar refractivity (Wildman–Crippen MR) is 148 cm³/mol. The lowest BCUT2D eigenvalue weighted by Gasteiger charge is -2.18. The third-order valence-electron chi connectivity index (χ3n) is 4.89. The molecule has 1 amide bonds. The Bertz CT molecular complexity index is 1330. The maximum atomic E-state index is 12.6. The van der Waals surface area contributed by atoms with E-state index in [1.54, 1.807) is 0 Å². The minimum absolute atomic E-state index is 0.202. The molecule has 0 saturated carbocycles. The zero-order valence-electron chi connectivity index (χ0n) is 21.0. The first-order valence-electron chi connectivity index (χ1n) is 12.0. The molecule has 0 bridgehead atoms. The number of hydroxylamine groups is 1. The topological polar surface area (TPSA) is 84.5 Å². The van der Waals surface area contributed by atoms with Gasteiger partial charge in [-0.2, -0.15) is 0 Å². The number of Topliss-reactive ketones (excluding diaryl/α,β-unsaturated/α-hetero) is 2. The van der Waals surface area contributed by atoms with Gasteiger partial charge in [0.1, 0.15) is 21.5 Å². The highest BCUT2D eigenvalue weighted by atomic mass is 35.5. The number of allylic oxidation sites excluding steroid dienone is 2. The number of nitrogens with one attached hydrogen (secondary N) is 2. The van der Waals surface area contributed by atoms with Crippen LogP contribution in [0.15, 0.2) is 21.5 Å². The van der Waals surface area contributed by atoms with E-state index in [0.717, 1.165) is 19.3 Å². The van der Waals surface area contributed by atoms with Crippen LogP contribution in [0.25, 0.3) is 0 Å². The van der Waals surface area contributed by atoms with Crippen molar-refractivity contribution < 1.29 is 19.2 Å². The molecule has 0 aromatic heterocycles. The van der Waals surface area contributed by atoms with Gasteiger partial charge in [-0.3, -0.25) is 14.4 Å². The zero-order valence-corrected chi connectivity index (χ0v) is 22.5. The summed E-state index contributed by atoms with van der Waals surface area (Å²) in [6, 6.07) is 0. The van der Waals surface area contributed by atoms with Gasteiger partial charge in [-0.25, -0.2) is 5.48 Å². The molecule has 0 unspecified atom stereocenters. The van der Waals surface area contributed by atoms with Crippen LogP contribution in [0.1, 0.15) is 71.1 Å². The minimum atomic E-state index is -0.833. The van der Waals surface area contributed by atoms with Gasteiger partial charge in [-0.15, -0.1) is 6.42 Å². The molecule has 1 rings (SSSR count). The average molecular weight is 549 g/mol. The van der Waals surface area contributed by atoms with Crippen molar-refractivity contribution in [3.63, 3.8) is 0 Å². The lowest BCUT2D eigenvalue weighted by Crippen LogP contribution is -2.35. The van der Waals surface area contributed by atoms with Gasteiger partial charge in [0, 0.05) is 36.0 Å². The van der Waals surface area contributed by atoms with Crippen molar-refractivity contribution in [1.29, 1.82) is 0 Å². The van der Waals surface area contributed by atoms with Gasteiger partial charge in [0.15, 0.2) is 6.11 Å². The van der Waals surface area contributed by atoms with Gasteiger partial charge in [0.05, 0.1) is 0 Å². The predicted octanol–water partition coefficient (Wildman–Crippen LogP) is 4.21. The molecule has 0 radical (unpaired) electrons. The van der Waals surface area contributed by atoms with E-state index >= 15 is 0 Å². The number of hydrogen-bond acceptors (Lipinski definition) is 5. The number of ketones is 2. The molecular weight excluding hydrogens is 523 g/mol. The molecule has 38 heavy (non-hydrogen) atoms. The number of unbranched alkanes of at least 4 members (excludes halogenated alkanes) is 8. The monoisotopic (exact) mass is 548 g/mol. The van der Waals surface area contributed by atoms with Crippen LogP contribution < -0.4 is 10.8 Å². The van der Waals surface area contributed by atoms with E-state index in [1.165, 1.54) is 32.1 Å². The number of halogens is 2. The third kappa shape index (κ3) is 12.7. The molecule has 6 nitrogen and oxygen atoms in total. The second-order valence-corrected chi connectivity index (χ2v) is 8.49.